The first-order chi connectivity index (χ1) is 15.0. The summed E-state index contributed by atoms with van der Waals surface area (Å²) >= 11 is 7.91. The molecule has 0 spiro atoms. The molecule has 0 radical (unpaired) electrons. The van der Waals surface area contributed by atoms with Gasteiger partial charge in [-0.25, -0.2) is 14.8 Å². The number of nitrogens with zero attached hydrogens (tertiary/aromatic N) is 3. The summed E-state index contributed by atoms with van der Waals surface area (Å²) in [7, 11) is 1.28. The number of aromatic amines is 1. The zero-order valence-corrected chi connectivity index (χ0v) is 18.9. The van der Waals surface area contributed by atoms with E-state index in [1.165, 1.54) is 19.6 Å². The standard InChI is InChI=1S/C21H24ClN5O3S/c1-3-8-31-21-24-11-18(27(21)12-14-6-4-5-7-16(14)22)19(28)26-17(20(29)30-2)9-15-10-23-13-25-15/h4-7,10-11,13,17H,3,8-9,12H2,1-2H3,(H,23,25)(H,26,28)/t17-/m0/s1. The molecular weight excluding hydrogens is 438 g/mol. The number of esters is 1. The number of imidazole rings is 2. The van der Waals surface area contributed by atoms with Gasteiger partial charge in [-0.15, -0.1) is 0 Å². The number of halogens is 1. The Balaban J connectivity index is 1.87. The van der Waals surface area contributed by atoms with Crippen molar-refractivity contribution in [2.75, 3.05) is 12.9 Å². The van der Waals surface area contributed by atoms with E-state index >= 15 is 0 Å². The number of hydrogen-bond acceptors (Lipinski definition) is 6. The minimum absolute atomic E-state index is 0.206. The Morgan fingerprint density at radius 2 is 2.13 bits per heavy atom. The Morgan fingerprint density at radius 3 is 2.81 bits per heavy atom. The molecule has 0 aliphatic rings. The maximum absolute atomic E-state index is 13.1. The molecule has 0 aliphatic carbocycles. The van der Waals surface area contributed by atoms with Crippen molar-refractivity contribution in [3.05, 3.63) is 65.0 Å². The van der Waals surface area contributed by atoms with Gasteiger partial charge in [-0.3, -0.25) is 4.79 Å². The van der Waals surface area contributed by atoms with Crippen LogP contribution in [0.2, 0.25) is 5.02 Å². The van der Waals surface area contributed by atoms with Crippen LogP contribution in [0, 0.1) is 0 Å². The van der Waals surface area contributed by atoms with Crippen LogP contribution < -0.4 is 5.32 Å². The quantitative estimate of drug-likeness (QED) is 0.354. The van der Waals surface area contributed by atoms with Crippen LogP contribution in [0.15, 0.2) is 48.1 Å². The number of carbonyl (C=O) groups is 2. The van der Waals surface area contributed by atoms with Crippen LogP contribution in [-0.2, 0) is 22.5 Å². The molecule has 0 aliphatic heterocycles. The largest absolute Gasteiger partial charge is 0.467 e. The molecule has 1 amide bonds. The lowest BCUT2D eigenvalue weighted by atomic mass is 10.1. The molecule has 10 heteroatoms. The van der Waals surface area contributed by atoms with E-state index in [0.29, 0.717) is 28.1 Å². The van der Waals surface area contributed by atoms with Crippen molar-refractivity contribution in [1.29, 1.82) is 0 Å². The fraction of sp³-hybridized carbons (Fsp3) is 0.333. The molecule has 1 atom stereocenters. The second-order valence-corrected chi connectivity index (χ2v) is 8.24. The van der Waals surface area contributed by atoms with Gasteiger partial charge in [0.2, 0.25) is 0 Å². The fourth-order valence-corrected chi connectivity index (χ4v) is 4.01. The minimum atomic E-state index is -0.879. The van der Waals surface area contributed by atoms with E-state index in [-0.39, 0.29) is 6.42 Å². The van der Waals surface area contributed by atoms with Gasteiger partial charge in [0.1, 0.15) is 11.7 Å². The van der Waals surface area contributed by atoms with Crippen molar-refractivity contribution in [1.82, 2.24) is 24.8 Å². The summed E-state index contributed by atoms with van der Waals surface area (Å²) in [5.41, 5.74) is 1.85. The Morgan fingerprint density at radius 1 is 1.32 bits per heavy atom. The van der Waals surface area contributed by atoms with E-state index in [0.717, 1.165) is 17.7 Å². The smallest absolute Gasteiger partial charge is 0.328 e. The number of amides is 1. The number of nitrogens with one attached hydrogen (secondary N) is 2. The molecule has 3 aromatic rings. The van der Waals surface area contributed by atoms with Crippen molar-refractivity contribution in [2.24, 2.45) is 0 Å². The molecule has 8 nitrogen and oxygen atoms in total. The number of rotatable bonds is 10. The van der Waals surface area contributed by atoms with Crippen molar-refractivity contribution in [3.8, 4) is 0 Å². The second kappa shape index (κ2) is 11.0. The van der Waals surface area contributed by atoms with Gasteiger partial charge in [0, 0.05) is 23.4 Å². The van der Waals surface area contributed by atoms with Gasteiger partial charge in [-0.05, 0) is 18.1 Å². The normalized spacial score (nSPS) is 11.8. The highest BCUT2D eigenvalue weighted by atomic mass is 35.5. The minimum Gasteiger partial charge on any atom is -0.467 e. The number of thioether (sulfide) groups is 1. The van der Waals surface area contributed by atoms with E-state index in [4.69, 9.17) is 16.3 Å². The van der Waals surface area contributed by atoms with Crippen LogP contribution in [-0.4, -0.2) is 50.3 Å². The number of carbonyl (C=O) groups excluding carboxylic acids is 2. The second-order valence-electron chi connectivity index (χ2n) is 6.77. The predicted octanol–water partition coefficient (Wildman–Crippen LogP) is 3.32. The van der Waals surface area contributed by atoms with Gasteiger partial charge in [0.15, 0.2) is 5.16 Å². The summed E-state index contributed by atoms with van der Waals surface area (Å²) in [5, 5.41) is 4.09. The molecule has 31 heavy (non-hydrogen) atoms. The van der Waals surface area contributed by atoms with E-state index in [9.17, 15) is 9.59 Å². The number of methoxy groups -OCH3 is 1. The predicted molar refractivity (Wildman–Crippen MR) is 119 cm³/mol. The van der Waals surface area contributed by atoms with Gasteiger partial charge < -0.3 is 19.6 Å². The first-order valence-corrected chi connectivity index (χ1v) is 11.2. The molecule has 0 saturated carbocycles. The molecular formula is C21H24ClN5O3S. The SMILES string of the molecule is CCCSc1ncc(C(=O)N[C@@H](Cc2c[nH]cn2)C(=O)OC)n1Cc1ccccc1Cl. The van der Waals surface area contributed by atoms with Gasteiger partial charge in [-0.1, -0.05) is 48.5 Å². The van der Waals surface area contributed by atoms with Crippen LogP contribution in [0.5, 0.6) is 0 Å². The lowest BCUT2D eigenvalue weighted by molar-refractivity contribution is -0.142. The Bertz CT molecular complexity index is 1020. The lowest BCUT2D eigenvalue weighted by Crippen LogP contribution is -2.43. The molecule has 2 aromatic heterocycles. The Hall–Kier alpha value is -2.78. The first kappa shape index (κ1) is 22.9. The third-order valence-corrected chi connectivity index (χ3v) is 6.10. The molecule has 2 N–H and O–H groups in total. The zero-order valence-electron chi connectivity index (χ0n) is 17.3. The number of ether oxygens (including phenoxy) is 1. The first-order valence-electron chi connectivity index (χ1n) is 9.81. The zero-order chi connectivity index (χ0) is 22.2. The maximum atomic E-state index is 13.1. The third kappa shape index (κ3) is 5.89. The Labute approximate surface area is 189 Å². The van der Waals surface area contributed by atoms with E-state index in [1.807, 2.05) is 28.8 Å². The summed E-state index contributed by atoms with van der Waals surface area (Å²) in [5.74, 6) is -0.104. The topological polar surface area (TPSA) is 102 Å². The van der Waals surface area contributed by atoms with Crippen LogP contribution in [0.1, 0.15) is 35.1 Å². The molecule has 1 aromatic carbocycles. The summed E-state index contributed by atoms with van der Waals surface area (Å²) in [4.78, 5) is 36.8. The highest BCUT2D eigenvalue weighted by Gasteiger charge is 2.26. The van der Waals surface area contributed by atoms with Crippen LogP contribution in [0.25, 0.3) is 0 Å². The Kier molecular flexibility index (Phi) is 8.13. The van der Waals surface area contributed by atoms with E-state index in [2.05, 4.69) is 27.2 Å². The van der Waals surface area contributed by atoms with E-state index < -0.39 is 17.9 Å². The molecule has 3 rings (SSSR count). The van der Waals surface area contributed by atoms with Crippen molar-refractivity contribution in [3.63, 3.8) is 0 Å². The highest BCUT2D eigenvalue weighted by Crippen LogP contribution is 2.24. The molecule has 164 valence electrons. The summed E-state index contributed by atoms with van der Waals surface area (Å²) in [6.07, 6.45) is 5.88. The highest BCUT2D eigenvalue weighted by molar-refractivity contribution is 7.99. The molecule has 0 unspecified atom stereocenters. The number of benzene rings is 1. The van der Waals surface area contributed by atoms with Crippen LogP contribution >= 0.6 is 23.4 Å². The molecule has 0 bridgehead atoms. The van der Waals surface area contributed by atoms with Gasteiger partial charge in [0.05, 0.1) is 31.9 Å². The van der Waals surface area contributed by atoms with E-state index in [1.54, 1.807) is 18.0 Å². The monoisotopic (exact) mass is 461 g/mol. The molecule has 2 heterocycles. The number of aromatic nitrogens is 4. The summed E-state index contributed by atoms with van der Waals surface area (Å²) in [6, 6.07) is 6.59. The van der Waals surface area contributed by atoms with Gasteiger partial charge in [0.25, 0.3) is 5.91 Å². The molecule has 0 fully saturated rings. The summed E-state index contributed by atoms with van der Waals surface area (Å²) < 4.78 is 6.68. The maximum Gasteiger partial charge on any atom is 0.328 e. The van der Waals surface area contributed by atoms with Gasteiger partial charge >= 0.3 is 5.97 Å². The fourth-order valence-electron chi connectivity index (χ4n) is 2.98. The average Bonchev–Trinajstić information content (AvgIpc) is 3.42. The number of H-pyrrole nitrogens is 1. The number of hydrogen-bond donors (Lipinski definition) is 2. The summed E-state index contributed by atoms with van der Waals surface area (Å²) in [6.45, 7) is 2.47. The molecule has 0 saturated heterocycles. The van der Waals surface area contributed by atoms with Crippen molar-refractivity contribution >= 4 is 35.2 Å². The third-order valence-electron chi connectivity index (χ3n) is 4.53. The van der Waals surface area contributed by atoms with Crippen molar-refractivity contribution in [2.45, 2.75) is 37.5 Å². The lowest BCUT2D eigenvalue weighted by Gasteiger charge is -2.17. The van der Waals surface area contributed by atoms with Gasteiger partial charge in [-0.2, -0.15) is 0 Å². The van der Waals surface area contributed by atoms with Crippen LogP contribution in [0.3, 0.4) is 0 Å². The average molecular weight is 462 g/mol. The van der Waals surface area contributed by atoms with Crippen molar-refractivity contribution < 1.29 is 14.3 Å². The van der Waals surface area contributed by atoms with Crippen LogP contribution in [0.4, 0.5) is 0 Å².